The van der Waals surface area contributed by atoms with E-state index in [1.807, 2.05) is 0 Å². The number of hydrogen-bond acceptors (Lipinski definition) is 5. The van der Waals surface area contributed by atoms with E-state index in [0.717, 1.165) is 58.5 Å². The summed E-state index contributed by atoms with van der Waals surface area (Å²) in [7, 11) is 0. The highest BCUT2D eigenvalue weighted by Gasteiger charge is 2.59. The molecule has 0 amide bonds. The molecule has 0 bridgehead atoms. The maximum atomic E-state index is 12.7. The molecular weight excluding hydrogens is 328 g/mol. The predicted octanol–water partition coefficient (Wildman–Crippen LogP) is 1.91. The Labute approximate surface area is 157 Å². The molecule has 5 heteroatoms. The molecule has 0 aromatic heterocycles. The lowest BCUT2D eigenvalue weighted by atomic mass is 9.55. The number of hydrogen-bond donors (Lipinski definition) is 1. The Bertz CT molecular complexity index is 584. The van der Waals surface area contributed by atoms with Gasteiger partial charge >= 0.3 is 5.97 Å². The van der Waals surface area contributed by atoms with Crippen molar-refractivity contribution in [3.05, 3.63) is 11.6 Å². The van der Waals surface area contributed by atoms with Gasteiger partial charge in [-0.3, -0.25) is 9.69 Å². The standard InChI is InChI=1S/C21H34N2O3/c1-4-22-8-10-23(11-9-22)13-16-18-17(26-20(16)25)12-15-7-5-6-14(2)21(15,3)19(18)24/h7,14,16-19,24H,4-6,8-13H2,1-3H3/t14-,16+,17+,18+,19-,21+/m0/s1. The molecule has 0 aromatic carbocycles. The third kappa shape index (κ3) is 2.83. The van der Waals surface area contributed by atoms with Crippen molar-refractivity contribution in [2.45, 2.75) is 52.2 Å². The molecule has 6 atom stereocenters. The van der Waals surface area contributed by atoms with Gasteiger partial charge in [0, 0.05) is 50.5 Å². The van der Waals surface area contributed by atoms with Crippen molar-refractivity contribution >= 4 is 5.97 Å². The van der Waals surface area contributed by atoms with Crippen LogP contribution in [0.5, 0.6) is 0 Å². The van der Waals surface area contributed by atoms with E-state index in [1.54, 1.807) is 0 Å². The molecule has 1 N–H and O–H groups in total. The summed E-state index contributed by atoms with van der Waals surface area (Å²) >= 11 is 0. The molecule has 146 valence electrons. The van der Waals surface area contributed by atoms with Gasteiger partial charge in [-0.25, -0.2) is 0 Å². The van der Waals surface area contributed by atoms with E-state index in [0.29, 0.717) is 5.92 Å². The van der Waals surface area contributed by atoms with Gasteiger partial charge in [0.25, 0.3) is 0 Å². The Morgan fingerprint density at radius 1 is 1.27 bits per heavy atom. The summed E-state index contributed by atoms with van der Waals surface area (Å²) in [6.45, 7) is 12.6. The van der Waals surface area contributed by atoms with Crippen LogP contribution in [-0.4, -0.2) is 72.4 Å². The van der Waals surface area contributed by atoms with Gasteiger partial charge in [-0.1, -0.05) is 32.4 Å². The molecule has 2 heterocycles. The lowest BCUT2D eigenvalue weighted by Gasteiger charge is -2.52. The van der Waals surface area contributed by atoms with Crippen LogP contribution in [0.25, 0.3) is 0 Å². The number of nitrogens with zero attached hydrogens (tertiary/aromatic N) is 2. The molecule has 4 rings (SSSR count). The molecule has 5 nitrogen and oxygen atoms in total. The smallest absolute Gasteiger partial charge is 0.311 e. The van der Waals surface area contributed by atoms with E-state index in [1.165, 1.54) is 5.57 Å². The highest BCUT2D eigenvalue weighted by atomic mass is 16.6. The number of allylic oxidation sites excluding steroid dienone is 1. The quantitative estimate of drug-likeness (QED) is 0.614. The second-order valence-corrected chi connectivity index (χ2v) is 9.03. The number of ether oxygens (including phenoxy) is 1. The first-order valence-corrected chi connectivity index (χ1v) is 10.5. The van der Waals surface area contributed by atoms with Gasteiger partial charge in [-0.15, -0.1) is 0 Å². The van der Waals surface area contributed by atoms with Crippen LogP contribution in [0.4, 0.5) is 0 Å². The molecule has 4 aliphatic rings. The fourth-order valence-electron chi connectivity index (χ4n) is 5.84. The summed E-state index contributed by atoms with van der Waals surface area (Å²) in [4.78, 5) is 17.5. The fourth-order valence-corrected chi connectivity index (χ4v) is 5.84. The van der Waals surface area contributed by atoms with Crippen LogP contribution in [0, 0.1) is 23.2 Å². The summed E-state index contributed by atoms with van der Waals surface area (Å²) in [5, 5.41) is 11.4. The number of rotatable bonds is 3. The Kier molecular flexibility index (Phi) is 4.91. The Morgan fingerprint density at radius 2 is 1.96 bits per heavy atom. The number of piperazine rings is 1. The van der Waals surface area contributed by atoms with E-state index in [-0.39, 0.29) is 29.3 Å². The van der Waals surface area contributed by atoms with E-state index >= 15 is 0 Å². The summed E-state index contributed by atoms with van der Waals surface area (Å²) < 4.78 is 5.78. The van der Waals surface area contributed by atoms with Crippen molar-refractivity contribution in [3.63, 3.8) is 0 Å². The number of aliphatic hydroxyl groups is 1. The predicted molar refractivity (Wildman–Crippen MR) is 101 cm³/mol. The van der Waals surface area contributed by atoms with Crippen LogP contribution in [-0.2, 0) is 9.53 Å². The van der Waals surface area contributed by atoms with Crippen LogP contribution in [0.2, 0.25) is 0 Å². The Hall–Kier alpha value is -0.910. The van der Waals surface area contributed by atoms with E-state index < -0.39 is 6.10 Å². The Morgan fingerprint density at radius 3 is 2.65 bits per heavy atom. The van der Waals surface area contributed by atoms with Crippen molar-refractivity contribution in [2.75, 3.05) is 39.3 Å². The zero-order chi connectivity index (χ0) is 18.5. The summed E-state index contributed by atoms with van der Waals surface area (Å²) in [6, 6.07) is 0. The molecular formula is C21H34N2O3. The van der Waals surface area contributed by atoms with Crippen molar-refractivity contribution < 1.29 is 14.6 Å². The maximum absolute atomic E-state index is 12.7. The van der Waals surface area contributed by atoms with E-state index in [9.17, 15) is 9.90 Å². The van der Waals surface area contributed by atoms with Crippen molar-refractivity contribution in [1.29, 1.82) is 0 Å². The first-order valence-electron chi connectivity index (χ1n) is 10.5. The lowest BCUT2D eigenvalue weighted by Crippen LogP contribution is -2.55. The van der Waals surface area contributed by atoms with Gasteiger partial charge < -0.3 is 14.7 Å². The first-order chi connectivity index (χ1) is 12.4. The van der Waals surface area contributed by atoms with Gasteiger partial charge in [0.1, 0.15) is 6.10 Å². The zero-order valence-electron chi connectivity index (χ0n) is 16.5. The number of carbonyl (C=O) groups is 1. The average molecular weight is 363 g/mol. The highest BCUT2D eigenvalue weighted by molar-refractivity contribution is 5.76. The minimum atomic E-state index is -0.490. The van der Waals surface area contributed by atoms with Gasteiger partial charge in [0.05, 0.1) is 12.0 Å². The summed E-state index contributed by atoms with van der Waals surface area (Å²) in [6.07, 6.45) is 4.68. The maximum Gasteiger partial charge on any atom is 0.311 e. The number of aliphatic hydroxyl groups excluding tert-OH is 1. The van der Waals surface area contributed by atoms with Crippen molar-refractivity contribution in [2.24, 2.45) is 23.2 Å². The third-order valence-corrected chi connectivity index (χ3v) is 7.94. The third-order valence-electron chi connectivity index (χ3n) is 7.94. The monoisotopic (exact) mass is 362 g/mol. The topological polar surface area (TPSA) is 53.0 Å². The molecule has 0 unspecified atom stereocenters. The largest absolute Gasteiger partial charge is 0.461 e. The Balaban J connectivity index is 1.52. The number of carbonyl (C=O) groups excluding carboxylic acids is 1. The van der Waals surface area contributed by atoms with Crippen LogP contribution in [0.3, 0.4) is 0 Å². The van der Waals surface area contributed by atoms with Gasteiger partial charge in [-0.05, 0) is 25.3 Å². The number of likely N-dealkylation sites (N-methyl/N-ethyl adjacent to an activating group) is 1. The molecule has 1 saturated carbocycles. The fraction of sp³-hybridized carbons (Fsp3) is 0.857. The molecule has 0 radical (unpaired) electrons. The van der Waals surface area contributed by atoms with E-state index in [4.69, 9.17) is 4.74 Å². The highest BCUT2D eigenvalue weighted by Crippen LogP contribution is 2.56. The number of fused-ring (bicyclic) bond motifs is 2. The minimum Gasteiger partial charge on any atom is -0.461 e. The average Bonchev–Trinajstić information content (AvgIpc) is 2.94. The van der Waals surface area contributed by atoms with Crippen molar-refractivity contribution in [1.82, 2.24) is 9.80 Å². The molecule has 0 spiro atoms. The zero-order valence-corrected chi connectivity index (χ0v) is 16.5. The van der Waals surface area contributed by atoms with Gasteiger partial charge in [0.15, 0.2) is 0 Å². The van der Waals surface area contributed by atoms with Crippen molar-refractivity contribution in [3.8, 4) is 0 Å². The minimum absolute atomic E-state index is 0.0607. The molecule has 3 fully saturated rings. The van der Waals surface area contributed by atoms with Crippen LogP contribution < -0.4 is 0 Å². The number of esters is 1. The molecule has 2 aliphatic carbocycles. The summed E-state index contributed by atoms with van der Waals surface area (Å²) in [5.41, 5.74) is 1.11. The van der Waals surface area contributed by atoms with Gasteiger partial charge in [-0.2, -0.15) is 0 Å². The SMILES string of the molecule is CCN1CCN(C[C@H]2C(=O)O[C@@H]3CC4=CCC[C@H](C)[C@@]4(C)[C@@H](O)[C@@H]32)CC1. The van der Waals surface area contributed by atoms with Crippen LogP contribution >= 0.6 is 0 Å². The molecule has 26 heavy (non-hydrogen) atoms. The normalized spacial score (nSPS) is 44.2. The van der Waals surface area contributed by atoms with E-state index in [2.05, 4.69) is 36.6 Å². The van der Waals surface area contributed by atoms with Gasteiger partial charge in [0.2, 0.25) is 0 Å². The second kappa shape index (κ2) is 6.92. The lowest BCUT2D eigenvalue weighted by molar-refractivity contribution is -0.145. The van der Waals surface area contributed by atoms with Crippen LogP contribution in [0.1, 0.15) is 40.0 Å². The first kappa shape index (κ1) is 18.5. The summed E-state index contributed by atoms with van der Waals surface area (Å²) in [5.74, 6) is 0.112. The second-order valence-electron chi connectivity index (χ2n) is 9.03. The molecule has 2 saturated heterocycles. The molecule has 0 aromatic rings. The molecule has 2 aliphatic heterocycles. The van der Waals surface area contributed by atoms with Crippen LogP contribution in [0.15, 0.2) is 11.6 Å².